The van der Waals surface area contributed by atoms with Gasteiger partial charge >= 0.3 is 5.97 Å². The van der Waals surface area contributed by atoms with Crippen molar-refractivity contribution < 1.29 is 14.5 Å². The van der Waals surface area contributed by atoms with Crippen LogP contribution in [0.2, 0.25) is 0 Å². The van der Waals surface area contributed by atoms with Crippen molar-refractivity contribution in [3.63, 3.8) is 0 Å². The van der Waals surface area contributed by atoms with E-state index in [1.165, 1.54) is 10.6 Å². The van der Waals surface area contributed by atoms with Gasteiger partial charge in [-0.15, -0.1) is 0 Å². The zero-order valence-corrected chi connectivity index (χ0v) is 26.7. The number of rotatable bonds is 8. The normalized spacial score (nSPS) is 14.5. The van der Waals surface area contributed by atoms with Crippen LogP contribution in [0.1, 0.15) is 41.0 Å². The molecule has 0 radical (unpaired) electrons. The Morgan fingerprint density at radius 1 is 1.02 bits per heavy atom. The summed E-state index contributed by atoms with van der Waals surface area (Å²) in [5.41, 5.74) is 3.58. The van der Waals surface area contributed by atoms with Gasteiger partial charge in [-0.3, -0.25) is 19.5 Å². The smallest absolute Gasteiger partial charge is 0.338 e. The number of esters is 1. The van der Waals surface area contributed by atoms with Crippen LogP contribution in [0.15, 0.2) is 110 Å². The Balaban J connectivity index is 1.51. The molecule has 1 aliphatic rings. The zero-order valence-electron chi connectivity index (χ0n) is 25.0. The number of ether oxygens (including phenoxy) is 1. The van der Waals surface area contributed by atoms with Gasteiger partial charge in [0, 0.05) is 23.0 Å². The molecule has 1 atom stereocenters. The third kappa shape index (κ3) is 6.17. The second-order valence-corrected chi connectivity index (χ2v) is 12.4. The molecule has 230 valence electrons. The fraction of sp³-hybridized carbons (Fsp3) is 0.147. The van der Waals surface area contributed by atoms with E-state index in [2.05, 4.69) is 9.97 Å². The number of nitro benzene ring substituents is 1. The summed E-state index contributed by atoms with van der Waals surface area (Å²) >= 11 is 2.26. The molecule has 0 N–H and O–H groups in total. The number of benzene rings is 3. The summed E-state index contributed by atoms with van der Waals surface area (Å²) in [6, 6.07) is 24.4. The molecular formula is C34H27N5O5S2. The molecule has 12 heteroatoms. The molecule has 1 aliphatic heterocycles. The summed E-state index contributed by atoms with van der Waals surface area (Å²) in [6.45, 7) is 5.56. The minimum atomic E-state index is -0.806. The molecular weight excluding hydrogens is 623 g/mol. The van der Waals surface area contributed by atoms with Crippen LogP contribution in [0.5, 0.6) is 0 Å². The summed E-state index contributed by atoms with van der Waals surface area (Å²) in [5.74, 6) is -0.565. The first-order chi connectivity index (χ1) is 22.2. The van der Waals surface area contributed by atoms with Crippen molar-refractivity contribution in [1.29, 1.82) is 0 Å². The Bertz CT molecular complexity index is 2170. The fourth-order valence-electron chi connectivity index (χ4n) is 5.23. The molecule has 0 bridgehead atoms. The Kier molecular flexibility index (Phi) is 8.73. The first-order valence-electron chi connectivity index (χ1n) is 14.4. The summed E-state index contributed by atoms with van der Waals surface area (Å²) in [5, 5.41) is 12.5. The van der Waals surface area contributed by atoms with Crippen LogP contribution in [-0.2, 0) is 9.53 Å². The average Bonchev–Trinajstić information content (AvgIpc) is 3.35. The van der Waals surface area contributed by atoms with Crippen LogP contribution in [-0.4, -0.2) is 32.0 Å². The van der Waals surface area contributed by atoms with Gasteiger partial charge in [0.15, 0.2) is 9.96 Å². The molecule has 46 heavy (non-hydrogen) atoms. The Morgan fingerprint density at radius 3 is 2.35 bits per heavy atom. The molecule has 0 spiro atoms. The maximum Gasteiger partial charge on any atom is 0.338 e. The number of fused-ring (bicyclic) bond motifs is 1. The van der Waals surface area contributed by atoms with Crippen molar-refractivity contribution in [2.45, 2.75) is 36.9 Å². The van der Waals surface area contributed by atoms with Crippen LogP contribution in [0.25, 0.3) is 11.8 Å². The van der Waals surface area contributed by atoms with Gasteiger partial charge in [-0.05, 0) is 61.9 Å². The highest BCUT2D eigenvalue weighted by molar-refractivity contribution is 7.99. The number of carbonyl (C=O) groups excluding carboxylic acids is 1. The molecule has 6 rings (SSSR count). The molecule has 0 aliphatic carbocycles. The third-order valence-corrected chi connectivity index (χ3v) is 9.04. The van der Waals surface area contributed by atoms with E-state index in [1.807, 2.05) is 80.6 Å². The molecule has 0 saturated heterocycles. The number of hydrogen-bond acceptors (Lipinski definition) is 10. The summed E-state index contributed by atoms with van der Waals surface area (Å²) < 4.78 is 7.30. The molecule has 10 nitrogen and oxygen atoms in total. The number of hydrogen-bond donors (Lipinski definition) is 0. The van der Waals surface area contributed by atoms with E-state index in [0.717, 1.165) is 34.5 Å². The minimum absolute atomic E-state index is 0.132. The Labute approximate surface area is 271 Å². The summed E-state index contributed by atoms with van der Waals surface area (Å²) in [7, 11) is 0. The molecule has 3 aromatic carbocycles. The maximum atomic E-state index is 14.1. The first-order valence-corrected chi connectivity index (χ1v) is 16.0. The predicted octanol–water partition coefficient (Wildman–Crippen LogP) is 5.40. The van der Waals surface area contributed by atoms with Gasteiger partial charge in [0.05, 0.1) is 38.3 Å². The highest BCUT2D eigenvalue weighted by atomic mass is 32.2. The van der Waals surface area contributed by atoms with E-state index in [4.69, 9.17) is 9.73 Å². The van der Waals surface area contributed by atoms with Gasteiger partial charge in [0.2, 0.25) is 0 Å². The van der Waals surface area contributed by atoms with Gasteiger partial charge in [0.25, 0.3) is 11.2 Å². The number of carbonyl (C=O) groups is 1. The van der Waals surface area contributed by atoms with Crippen molar-refractivity contribution in [3.8, 4) is 0 Å². The second-order valence-electron chi connectivity index (χ2n) is 10.4. The predicted molar refractivity (Wildman–Crippen MR) is 176 cm³/mol. The van der Waals surface area contributed by atoms with Crippen LogP contribution >= 0.6 is 23.1 Å². The molecule has 2 aromatic heterocycles. The average molecular weight is 650 g/mol. The van der Waals surface area contributed by atoms with E-state index in [9.17, 15) is 19.7 Å². The minimum Gasteiger partial charge on any atom is -0.463 e. The molecule has 0 unspecified atom stereocenters. The number of aryl methyl sites for hydroxylation is 2. The Morgan fingerprint density at radius 2 is 1.70 bits per heavy atom. The fourth-order valence-corrected chi connectivity index (χ4v) is 7.18. The van der Waals surface area contributed by atoms with E-state index in [1.54, 1.807) is 25.1 Å². The van der Waals surface area contributed by atoms with E-state index < -0.39 is 16.9 Å². The number of thiazole rings is 1. The highest BCUT2D eigenvalue weighted by Crippen LogP contribution is 2.36. The lowest BCUT2D eigenvalue weighted by Gasteiger charge is -2.25. The lowest BCUT2D eigenvalue weighted by Crippen LogP contribution is -2.39. The molecule has 0 amide bonds. The van der Waals surface area contributed by atoms with Crippen LogP contribution in [0, 0.1) is 24.0 Å². The lowest BCUT2D eigenvalue weighted by molar-refractivity contribution is -0.387. The second kappa shape index (κ2) is 13.0. The van der Waals surface area contributed by atoms with Crippen molar-refractivity contribution >= 4 is 46.5 Å². The van der Waals surface area contributed by atoms with Crippen LogP contribution in [0.4, 0.5) is 5.69 Å². The molecule has 5 aromatic rings. The highest BCUT2D eigenvalue weighted by Gasteiger charge is 2.35. The quantitative estimate of drug-likeness (QED) is 0.0946. The summed E-state index contributed by atoms with van der Waals surface area (Å²) in [6.07, 6.45) is 1.61. The van der Waals surface area contributed by atoms with Gasteiger partial charge in [-0.1, -0.05) is 78.1 Å². The van der Waals surface area contributed by atoms with Crippen molar-refractivity contribution in [2.24, 2.45) is 4.99 Å². The largest absolute Gasteiger partial charge is 0.463 e. The molecule has 3 heterocycles. The van der Waals surface area contributed by atoms with E-state index in [0.29, 0.717) is 41.8 Å². The van der Waals surface area contributed by atoms with Crippen LogP contribution < -0.4 is 14.9 Å². The van der Waals surface area contributed by atoms with Crippen molar-refractivity contribution in [1.82, 2.24) is 14.5 Å². The zero-order chi connectivity index (χ0) is 32.4. The van der Waals surface area contributed by atoms with E-state index in [-0.39, 0.29) is 23.4 Å². The molecule has 0 saturated carbocycles. The van der Waals surface area contributed by atoms with Gasteiger partial charge in [0.1, 0.15) is 0 Å². The Hall–Kier alpha value is -5.20. The number of nitro groups is 1. The van der Waals surface area contributed by atoms with Crippen LogP contribution in [0.3, 0.4) is 0 Å². The number of aromatic nitrogens is 3. The molecule has 0 fully saturated rings. The maximum absolute atomic E-state index is 14.1. The number of nitrogens with zero attached hydrogens (tertiary/aromatic N) is 5. The lowest BCUT2D eigenvalue weighted by atomic mass is 9.93. The topological polar surface area (TPSA) is 130 Å². The van der Waals surface area contributed by atoms with Gasteiger partial charge in [-0.2, -0.15) is 0 Å². The van der Waals surface area contributed by atoms with Crippen molar-refractivity contribution in [3.05, 3.63) is 148 Å². The van der Waals surface area contributed by atoms with E-state index >= 15 is 0 Å². The van der Waals surface area contributed by atoms with Gasteiger partial charge < -0.3 is 4.74 Å². The third-order valence-electron chi connectivity index (χ3n) is 7.13. The van der Waals surface area contributed by atoms with Crippen molar-refractivity contribution in [2.75, 3.05) is 6.61 Å². The first kappa shape index (κ1) is 30.8. The van der Waals surface area contributed by atoms with Gasteiger partial charge in [-0.25, -0.2) is 19.8 Å². The standard InChI is InChI=1S/C34H27N5O5S2/c1-4-44-32(41)28-29(23-11-7-5-8-12-23)37-34-38(30(28)24-13-9-6-10-14-24)31(40)27(46-34)19-22-15-16-26(25(18-22)39(42)43)45-33-35-20(2)17-21(3)36-33/h5-19,30H,4H2,1-3H3/b27-19+/t30-/m0/s1. The monoisotopic (exact) mass is 649 g/mol. The SMILES string of the molecule is CCOC(=O)C1=C(c2ccccc2)N=c2s/c(=C/c3ccc(Sc4nc(C)cc(C)n4)c([N+](=O)[O-])c3)c(=O)n2[C@H]1c1ccccc1. The summed E-state index contributed by atoms with van der Waals surface area (Å²) in [4.78, 5) is 53.7.